The zero-order valence-corrected chi connectivity index (χ0v) is 14.1. The Kier molecular flexibility index (Phi) is 6.83. The van der Waals surface area contributed by atoms with E-state index < -0.39 is 0 Å². The van der Waals surface area contributed by atoms with E-state index in [1.807, 2.05) is 0 Å². The van der Waals surface area contributed by atoms with E-state index in [9.17, 15) is 0 Å². The topological polar surface area (TPSA) is 104 Å². The number of hydrogen-bond acceptors (Lipinski definition) is 10. The first kappa shape index (κ1) is 15.8. The fourth-order valence-corrected chi connectivity index (χ4v) is 4.85. The third kappa shape index (κ3) is 5.81. The van der Waals surface area contributed by atoms with Crippen molar-refractivity contribution in [1.82, 2.24) is 20.4 Å². The summed E-state index contributed by atoms with van der Waals surface area (Å²) in [6.07, 6.45) is 4.86. The first-order valence-corrected chi connectivity index (χ1v) is 9.78. The van der Waals surface area contributed by atoms with Crippen LogP contribution in [0.5, 0.6) is 0 Å². The van der Waals surface area contributed by atoms with Gasteiger partial charge in [-0.15, -0.1) is 20.4 Å². The van der Waals surface area contributed by atoms with Crippen LogP contribution in [0.1, 0.15) is 25.7 Å². The minimum atomic E-state index is 0.543. The highest BCUT2D eigenvalue weighted by Gasteiger charge is 2.02. The van der Waals surface area contributed by atoms with Gasteiger partial charge >= 0.3 is 0 Å². The Morgan fingerprint density at radius 1 is 0.700 bits per heavy atom. The summed E-state index contributed by atoms with van der Waals surface area (Å²) in [5.74, 6) is 2.16. The highest BCUT2D eigenvalue weighted by molar-refractivity contribution is 8.01. The highest BCUT2D eigenvalue weighted by atomic mass is 32.2. The number of unbranched alkanes of at least 4 members (excludes halogenated alkanes) is 3. The molecule has 0 amide bonds. The van der Waals surface area contributed by atoms with Crippen LogP contribution in [-0.4, -0.2) is 31.9 Å². The van der Waals surface area contributed by atoms with E-state index in [1.54, 1.807) is 23.5 Å². The number of nitrogens with zero attached hydrogens (tertiary/aromatic N) is 4. The average molecular weight is 349 g/mol. The predicted molar refractivity (Wildman–Crippen MR) is 88.6 cm³/mol. The zero-order chi connectivity index (χ0) is 14.2. The predicted octanol–water partition coefficient (Wildman–Crippen LogP) is 3.00. The van der Waals surface area contributed by atoms with Gasteiger partial charge in [0, 0.05) is 11.5 Å². The minimum absolute atomic E-state index is 0.543. The fraction of sp³-hybridized carbons (Fsp3) is 0.600. The van der Waals surface area contributed by atoms with Crippen molar-refractivity contribution in [2.45, 2.75) is 34.4 Å². The van der Waals surface area contributed by atoms with Crippen LogP contribution in [0.2, 0.25) is 0 Å². The first-order chi connectivity index (χ1) is 9.74. The van der Waals surface area contributed by atoms with E-state index in [-0.39, 0.29) is 0 Å². The summed E-state index contributed by atoms with van der Waals surface area (Å²) < 4.78 is 1.93. The Hall–Kier alpha value is -0.580. The summed E-state index contributed by atoms with van der Waals surface area (Å²) in [6, 6.07) is 0. The van der Waals surface area contributed by atoms with Gasteiger partial charge in [0.1, 0.15) is 0 Å². The summed E-state index contributed by atoms with van der Waals surface area (Å²) in [7, 11) is 0. The van der Waals surface area contributed by atoms with Gasteiger partial charge < -0.3 is 11.5 Å². The van der Waals surface area contributed by atoms with Crippen LogP contribution in [0, 0.1) is 0 Å². The second-order valence-corrected chi connectivity index (χ2v) is 8.63. The lowest BCUT2D eigenvalue weighted by Gasteiger charge is -1.99. The largest absolute Gasteiger partial charge is 0.374 e. The van der Waals surface area contributed by atoms with Gasteiger partial charge in [-0.2, -0.15) is 0 Å². The number of rotatable bonds is 9. The zero-order valence-electron chi connectivity index (χ0n) is 10.8. The third-order valence-corrected chi connectivity index (χ3v) is 6.28. The molecule has 0 aromatic carbocycles. The monoisotopic (exact) mass is 348 g/mol. The third-order valence-electron chi connectivity index (χ3n) is 2.33. The Balaban J connectivity index is 1.44. The van der Waals surface area contributed by atoms with Gasteiger partial charge in [0.15, 0.2) is 8.68 Å². The molecular weight excluding hydrogens is 332 g/mol. The van der Waals surface area contributed by atoms with Crippen molar-refractivity contribution in [2.75, 3.05) is 23.0 Å². The second-order valence-electron chi connectivity index (χ2n) is 3.92. The van der Waals surface area contributed by atoms with E-state index in [1.165, 1.54) is 48.4 Å². The number of anilines is 2. The molecule has 20 heavy (non-hydrogen) atoms. The molecule has 0 spiro atoms. The van der Waals surface area contributed by atoms with Gasteiger partial charge in [0.2, 0.25) is 10.3 Å². The van der Waals surface area contributed by atoms with E-state index >= 15 is 0 Å². The highest BCUT2D eigenvalue weighted by Crippen LogP contribution is 2.26. The quantitative estimate of drug-likeness (QED) is 0.526. The van der Waals surface area contributed by atoms with Gasteiger partial charge in [-0.1, -0.05) is 59.0 Å². The average Bonchev–Trinajstić information content (AvgIpc) is 3.02. The van der Waals surface area contributed by atoms with Gasteiger partial charge in [-0.3, -0.25) is 0 Å². The SMILES string of the molecule is Nc1nnc(SCCCCCCSc2nnc(N)s2)s1. The van der Waals surface area contributed by atoms with E-state index in [0.717, 1.165) is 20.2 Å². The molecule has 2 aromatic heterocycles. The second kappa shape index (κ2) is 8.65. The molecule has 6 nitrogen and oxygen atoms in total. The van der Waals surface area contributed by atoms with Crippen LogP contribution in [0.4, 0.5) is 10.3 Å². The molecule has 4 N–H and O–H groups in total. The smallest absolute Gasteiger partial charge is 0.203 e. The molecule has 0 aliphatic carbocycles. The maximum absolute atomic E-state index is 5.53. The normalized spacial score (nSPS) is 11.0. The molecule has 0 saturated heterocycles. The van der Waals surface area contributed by atoms with Crippen LogP contribution in [-0.2, 0) is 0 Å². The Labute approximate surface area is 134 Å². The summed E-state index contributed by atoms with van der Waals surface area (Å²) >= 11 is 6.37. The first-order valence-electron chi connectivity index (χ1n) is 6.17. The van der Waals surface area contributed by atoms with Crippen molar-refractivity contribution in [3.05, 3.63) is 0 Å². The Morgan fingerprint density at radius 2 is 1.15 bits per heavy atom. The molecule has 2 rings (SSSR count). The van der Waals surface area contributed by atoms with Crippen molar-refractivity contribution in [2.24, 2.45) is 0 Å². The maximum Gasteiger partial charge on any atom is 0.203 e. The number of aromatic nitrogens is 4. The van der Waals surface area contributed by atoms with Gasteiger partial charge in [-0.25, -0.2) is 0 Å². The molecule has 0 bridgehead atoms. The van der Waals surface area contributed by atoms with Crippen LogP contribution >= 0.6 is 46.2 Å². The summed E-state index contributed by atoms with van der Waals surface area (Å²) in [4.78, 5) is 0. The molecule has 2 heterocycles. The van der Waals surface area contributed by atoms with Crippen molar-refractivity contribution in [1.29, 1.82) is 0 Å². The standard InChI is InChI=1S/C10H16N6S4/c11-7-13-15-9(19-7)17-5-3-1-2-4-6-18-10-16-14-8(12)20-10/h1-6H2,(H2,11,13)(H2,12,14). The van der Waals surface area contributed by atoms with Crippen LogP contribution in [0.25, 0.3) is 0 Å². The maximum atomic E-state index is 5.53. The van der Waals surface area contributed by atoms with E-state index in [4.69, 9.17) is 11.5 Å². The van der Waals surface area contributed by atoms with Crippen LogP contribution in [0.3, 0.4) is 0 Å². The van der Waals surface area contributed by atoms with Gasteiger partial charge in [0.05, 0.1) is 0 Å². The molecule has 10 heteroatoms. The molecule has 0 fully saturated rings. The minimum Gasteiger partial charge on any atom is -0.374 e. The number of nitrogen functional groups attached to an aromatic ring is 2. The fourth-order valence-electron chi connectivity index (χ4n) is 1.43. The molecule has 0 saturated carbocycles. The van der Waals surface area contributed by atoms with Crippen LogP contribution < -0.4 is 11.5 Å². The van der Waals surface area contributed by atoms with Crippen molar-refractivity contribution in [3.63, 3.8) is 0 Å². The molecule has 0 unspecified atom stereocenters. The summed E-state index contributed by atoms with van der Waals surface area (Å²) in [6.45, 7) is 0. The lowest BCUT2D eigenvalue weighted by Crippen LogP contribution is -1.84. The molecule has 0 atom stereocenters. The van der Waals surface area contributed by atoms with E-state index in [2.05, 4.69) is 20.4 Å². The van der Waals surface area contributed by atoms with Gasteiger partial charge in [-0.05, 0) is 12.8 Å². The molecule has 0 aliphatic heterocycles. The lowest BCUT2D eigenvalue weighted by atomic mass is 10.2. The van der Waals surface area contributed by atoms with Crippen LogP contribution in [0.15, 0.2) is 8.68 Å². The summed E-state index contributed by atoms with van der Waals surface area (Å²) in [5.41, 5.74) is 11.1. The lowest BCUT2D eigenvalue weighted by molar-refractivity contribution is 0.711. The number of thioether (sulfide) groups is 2. The Morgan fingerprint density at radius 3 is 1.50 bits per heavy atom. The number of nitrogens with two attached hydrogens (primary N) is 2. The van der Waals surface area contributed by atoms with Crippen molar-refractivity contribution < 1.29 is 0 Å². The van der Waals surface area contributed by atoms with E-state index in [0.29, 0.717) is 10.3 Å². The number of hydrogen-bond donors (Lipinski definition) is 2. The van der Waals surface area contributed by atoms with Crippen molar-refractivity contribution >= 4 is 56.5 Å². The molecule has 0 aliphatic rings. The Bertz CT molecular complexity index is 467. The van der Waals surface area contributed by atoms with Crippen molar-refractivity contribution in [3.8, 4) is 0 Å². The van der Waals surface area contributed by atoms with Gasteiger partial charge in [0.25, 0.3) is 0 Å². The molecule has 2 aromatic rings. The summed E-state index contributed by atoms with van der Waals surface area (Å²) in [5, 5.41) is 16.6. The molecule has 0 radical (unpaired) electrons. The molecular formula is C10H16N6S4. The molecule has 110 valence electrons.